The number of carbonyl (C=O) groups excluding carboxylic acids is 3. The lowest BCUT2D eigenvalue weighted by Gasteiger charge is -2.57. The summed E-state index contributed by atoms with van der Waals surface area (Å²) in [7, 11) is 0. The third-order valence-corrected chi connectivity index (χ3v) is 7.01. The second kappa shape index (κ2) is 7.77. The van der Waals surface area contributed by atoms with E-state index >= 15 is 0 Å². The number of ether oxygens (including phenoxy) is 1. The molecule has 3 aliphatic heterocycles. The van der Waals surface area contributed by atoms with Crippen LogP contribution in [0, 0.1) is 5.41 Å². The van der Waals surface area contributed by atoms with Gasteiger partial charge in [-0.05, 0) is 34.6 Å². The molecule has 1 spiro atoms. The molecule has 188 valence electrons. The van der Waals surface area contributed by atoms with E-state index in [1.165, 1.54) is 0 Å². The molecule has 12 nitrogen and oxygen atoms in total. The van der Waals surface area contributed by atoms with Gasteiger partial charge in [0.15, 0.2) is 5.69 Å². The second-order valence-corrected chi connectivity index (χ2v) is 10.8. The van der Waals surface area contributed by atoms with Crippen LogP contribution < -0.4 is 20.9 Å². The maximum absolute atomic E-state index is 13.3. The van der Waals surface area contributed by atoms with E-state index < -0.39 is 47.2 Å². The monoisotopic (exact) mass is 506 g/mol. The van der Waals surface area contributed by atoms with Crippen LogP contribution in [0.4, 0.5) is 10.5 Å². The fourth-order valence-corrected chi connectivity index (χ4v) is 5.80. The minimum atomic E-state index is -1.52. The highest BCUT2D eigenvalue weighted by molar-refractivity contribution is 6.38. The highest BCUT2D eigenvalue weighted by atomic mass is 35.5. The highest BCUT2D eigenvalue weighted by Crippen LogP contribution is 2.51. The average molecular weight is 507 g/mol. The summed E-state index contributed by atoms with van der Waals surface area (Å²) in [6.45, 7) is 9.53. The van der Waals surface area contributed by atoms with Crippen LogP contribution in [0.2, 0.25) is 5.02 Å². The number of hydrogen-bond donors (Lipinski definition) is 4. The zero-order valence-electron chi connectivity index (χ0n) is 19.9. The van der Waals surface area contributed by atoms with Crippen molar-refractivity contribution >= 4 is 46.2 Å². The van der Waals surface area contributed by atoms with Gasteiger partial charge in [-0.15, -0.1) is 0 Å². The molecule has 0 bridgehead atoms. The van der Waals surface area contributed by atoms with Gasteiger partial charge in [0.1, 0.15) is 22.2 Å². The Morgan fingerprint density at radius 2 is 2.03 bits per heavy atom. The van der Waals surface area contributed by atoms with Crippen LogP contribution in [-0.2, 0) is 16.0 Å². The number of nitrogens with one attached hydrogen (secondary N) is 3. The molecule has 5 unspecified atom stereocenters. The standard InChI is InChI=1S/C22H27ClN6O6/c1-8-7-29-14-10(6-22(16(29)9(2)34-8)18(31)25-20(33)26-19(22)32)24-12-13(17(30)27-21(3,4)5)28-35-15(12)11(14)23/h8-9,16,18,31H,6-7H2,1-5H3,(H,27,30)(H2,25,26,32,33). The minimum Gasteiger partial charge on any atom is -0.372 e. The summed E-state index contributed by atoms with van der Waals surface area (Å²) in [4.78, 5) is 44.7. The Balaban J connectivity index is 1.71. The van der Waals surface area contributed by atoms with Crippen LogP contribution in [-0.4, -0.2) is 69.7 Å². The zero-order valence-corrected chi connectivity index (χ0v) is 20.7. The van der Waals surface area contributed by atoms with Gasteiger partial charge in [0.2, 0.25) is 11.5 Å². The van der Waals surface area contributed by atoms with Gasteiger partial charge in [-0.2, -0.15) is 0 Å². The van der Waals surface area contributed by atoms with E-state index in [1.807, 2.05) is 32.6 Å². The summed E-state index contributed by atoms with van der Waals surface area (Å²) in [5.74, 6) is -1.13. The number of nitrogens with zero attached hydrogens (tertiary/aromatic N) is 3. The van der Waals surface area contributed by atoms with Gasteiger partial charge >= 0.3 is 6.03 Å². The molecule has 4 amide bonds. The lowest BCUT2D eigenvalue weighted by molar-refractivity contribution is -0.155. The molecular formula is C22H27ClN6O6. The van der Waals surface area contributed by atoms with Gasteiger partial charge in [-0.1, -0.05) is 16.8 Å². The Kier molecular flexibility index (Phi) is 5.28. The Bertz CT molecular complexity index is 1260. The topological polar surface area (TPSA) is 159 Å². The first kappa shape index (κ1) is 23.8. The molecule has 0 radical (unpaired) electrons. The molecule has 13 heteroatoms. The molecule has 3 aliphatic rings. The summed E-state index contributed by atoms with van der Waals surface area (Å²) in [6, 6.07) is -1.46. The molecule has 4 N–H and O–H groups in total. The van der Waals surface area contributed by atoms with Gasteiger partial charge < -0.3 is 29.9 Å². The average Bonchev–Trinajstić information content (AvgIpc) is 3.14. The van der Waals surface area contributed by atoms with Crippen molar-refractivity contribution in [3.8, 4) is 0 Å². The normalized spacial score (nSPS) is 30.5. The Hall–Kier alpha value is -2.96. The number of morpholine rings is 1. The van der Waals surface area contributed by atoms with Gasteiger partial charge in [-0.25, -0.2) is 9.78 Å². The van der Waals surface area contributed by atoms with Gasteiger partial charge in [0.05, 0.1) is 29.6 Å². The molecule has 5 heterocycles. The molecule has 0 saturated carbocycles. The number of fused-ring (bicyclic) bond motifs is 5. The molecular weight excluding hydrogens is 480 g/mol. The Morgan fingerprint density at radius 3 is 2.69 bits per heavy atom. The maximum Gasteiger partial charge on any atom is 0.323 e. The van der Waals surface area contributed by atoms with Crippen molar-refractivity contribution in [3.05, 3.63) is 16.4 Å². The maximum atomic E-state index is 13.3. The number of pyridine rings is 1. The summed E-state index contributed by atoms with van der Waals surface area (Å²) in [6.07, 6.45) is -2.31. The van der Waals surface area contributed by atoms with E-state index in [4.69, 9.17) is 20.9 Å². The van der Waals surface area contributed by atoms with Crippen molar-refractivity contribution in [2.24, 2.45) is 5.41 Å². The van der Waals surface area contributed by atoms with E-state index in [9.17, 15) is 19.5 Å². The quantitative estimate of drug-likeness (QED) is 0.444. The number of aliphatic hydroxyl groups is 1. The molecule has 2 saturated heterocycles. The van der Waals surface area contributed by atoms with Crippen LogP contribution >= 0.6 is 11.6 Å². The first-order valence-corrected chi connectivity index (χ1v) is 11.7. The molecule has 0 aliphatic carbocycles. The van der Waals surface area contributed by atoms with Crippen molar-refractivity contribution in [3.63, 3.8) is 0 Å². The summed E-state index contributed by atoms with van der Waals surface area (Å²) >= 11 is 6.83. The lowest BCUT2D eigenvalue weighted by Crippen LogP contribution is -2.76. The number of imide groups is 1. The van der Waals surface area contributed by atoms with Gasteiger partial charge in [0.25, 0.3) is 5.91 Å². The molecule has 35 heavy (non-hydrogen) atoms. The van der Waals surface area contributed by atoms with Crippen molar-refractivity contribution in [1.82, 2.24) is 26.1 Å². The van der Waals surface area contributed by atoms with E-state index in [1.54, 1.807) is 6.92 Å². The predicted molar refractivity (Wildman–Crippen MR) is 124 cm³/mol. The number of aromatic nitrogens is 2. The van der Waals surface area contributed by atoms with E-state index in [0.29, 0.717) is 17.9 Å². The number of halogens is 1. The number of hydrogen-bond acceptors (Lipinski definition) is 9. The van der Waals surface area contributed by atoms with E-state index in [2.05, 4.69) is 26.1 Å². The van der Waals surface area contributed by atoms with Crippen LogP contribution in [0.1, 0.15) is 50.8 Å². The van der Waals surface area contributed by atoms with Crippen LogP contribution in [0.15, 0.2) is 4.52 Å². The molecule has 2 aromatic heterocycles. The molecule has 5 atom stereocenters. The van der Waals surface area contributed by atoms with E-state index in [-0.39, 0.29) is 34.3 Å². The van der Waals surface area contributed by atoms with Crippen LogP contribution in [0.3, 0.4) is 0 Å². The molecule has 2 aromatic rings. The summed E-state index contributed by atoms with van der Waals surface area (Å²) < 4.78 is 11.5. The number of rotatable bonds is 1. The number of anilines is 1. The van der Waals surface area contributed by atoms with Gasteiger partial charge in [0, 0.05) is 18.5 Å². The number of aliphatic hydroxyl groups excluding tert-OH is 1. The Morgan fingerprint density at radius 1 is 1.31 bits per heavy atom. The first-order chi connectivity index (χ1) is 16.3. The molecule has 2 fully saturated rings. The van der Waals surface area contributed by atoms with Crippen LogP contribution in [0.5, 0.6) is 0 Å². The second-order valence-electron chi connectivity index (χ2n) is 10.4. The van der Waals surface area contributed by atoms with Crippen molar-refractivity contribution in [2.45, 2.75) is 71.1 Å². The number of carbonyl (C=O) groups is 3. The smallest absolute Gasteiger partial charge is 0.323 e. The van der Waals surface area contributed by atoms with Crippen molar-refractivity contribution in [2.75, 3.05) is 11.4 Å². The lowest BCUT2D eigenvalue weighted by atomic mass is 9.67. The Labute approximate surface area is 205 Å². The summed E-state index contributed by atoms with van der Waals surface area (Å²) in [5.41, 5.74) is -0.899. The van der Waals surface area contributed by atoms with Crippen LogP contribution in [0.25, 0.3) is 11.1 Å². The molecule has 0 aromatic carbocycles. The first-order valence-electron chi connectivity index (χ1n) is 11.4. The minimum absolute atomic E-state index is 0.0403. The van der Waals surface area contributed by atoms with E-state index in [0.717, 1.165) is 0 Å². The third-order valence-electron chi connectivity index (χ3n) is 6.66. The number of urea groups is 1. The van der Waals surface area contributed by atoms with Crippen molar-refractivity contribution < 1.29 is 28.8 Å². The van der Waals surface area contributed by atoms with Crippen molar-refractivity contribution in [1.29, 1.82) is 0 Å². The SMILES string of the molecule is CC1CN2c3c(nc4c(C(=O)NC(C)(C)C)noc4c3Cl)CC3(C(=O)NC(=O)NC3O)C2C(C)O1. The number of amides is 4. The molecule has 5 rings (SSSR count). The largest absolute Gasteiger partial charge is 0.372 e. The van der Waals surface area contributed by atoms with Gasteiger partial charge in [-0.3, -0.25) is 14.9 Å². The fraction of sp³-hybridized carbons (Fsp3) is 0.591. The predicted octanol–water partition coefficient (Wildman–Crippen LogP) is 1.09. The fourth-order valence-electron chi connectivity index (χ4n) is 5.46. The third kappa shape index (κ3) is 3.54. The summed E-state index contributed by atoms with van der Waals surface area (Å²) in [5, 5.41) is 22.7. The highest BCUT2D eigenvalue weighted by Gasteiger charge is 2.63. The zero-order chi connectivity index (χ0) is 25.4.